The lowest BCUT2D eigenvalue weighted by Gasteiger charge is -2.18. The lowest BCUT2D eigenvalue weighted by Crippen LogP contribution is -2.25. The van der Waals surface area contributed by atoms with Crippen LogP contribution in [0.1, 0.15) is 26.3 Å². The minimum atomic E-state index is -0.269. The van der Waals surface area contributed by atoms with Crippen LogP contribution in [0, 0.1) is 0 Å². The van der Waals surface area contributed by atoms with Crippen LogP contribution in [0.15, 0.2) is 22.5 Å². The number of para-hydroxylation sites is 1. The lowest BCUT2D eigenvalue weighted by molar-refractivity contribution is -0.118. The molecule has 24 heavy (non-hydrogen) atoms. The molecule has 0 fully saturated rings. The number of carbonyl (C=O) groups excluding carboxylic acids is 1. The van der Waals surface area contributed by atoms with Crippen molar-refractivity contribution in [1.82, 2.24) is 10.2 Å². The Hall–Kier alpha value is -1.80. The molecule has 6 nitrogen and oxygen atoms in total. The first-order valence-electron chi connectivity index (χ1n) is 7.67. The highest BCUT2D eigenvalue weighted by Crippen LogP contribution is 2.41. The molecule has 0 saturated heterocycles. The molecule has 0 spiro atoms. The zero-order valence-electron chi connectivity index (χ0n) is 13.8. The van der Waals surface area contributed by atoms with E-state index in [0.717, 1.165) is 27.8 Å². The number of fused-ring (bicyclic) bond motifs is 1. The Morgan fingerprint density at radius 2 is 2.29 bits per heavy atom. The molecule has 0 bridgehead atoms. The highest BCUT2D eigenvalue weighted by molar-refractivity contribution is 8.01. The van der Waals surface area contributed by atoms with E-state index in [1.807, 2.05) is 39.0 Å². The van der Waals surface area contributed by atoms with E-state index in [-0.39, 0.29) is 18.1 Å². The van der Waals surface area contributed by atoms with Crippen molar-refractivity contribution in [3.8, 4) is 11.5 Å². The molecule has 2 aromatic rings. The summed E-state index contributed by atoms with van der Waals surface area (Å²) in [5.74, 6) is 1.97. The van der Waals surface area contributed by atoms with Crippen molar-refractivity contribution in [3.63, 3.8) is 0 Å². The van der Waals surface area contributed by atoms with E-state index < -0.39 is 0 Å². The molecule has 0 atom stereocenters. The van der Waals surface area contributed by atoms with Crippen LogP contribution in [-0.2, 0) is 11.2 Å². The third-order valence-electron chi connectivity index (χ3n) is 3.33. The minimum absolute atomic E-state index is 0.101. The number of aromatic nitrogens is 2. The van der Waals surface area contributed by atoms with Gasteiger partial charge in [-0.05, 0) is 25.7 Å². The average Bonchev–Trinajstić information content (AvgIpc) is 3.07. The first kappa shape index (κ1) is 17.0. The smallest absolute Gasteiger partial charge is 0.264 e. The number of rotatable bonds is 6. The molecule has 1 amide bonds. The molecule has 128 valence electrons. The van der Waals surface area contributed by atoms with Gasteiger partial charge in [0.15, 0.2) is 22.4 Å². The Kier molecular flexibility index (Phi) is 4.96. The lowest BCUT2D eigenvalue weighted by atomic mass is 10.0. The maximum absolute atomic E-state index is 12.0. The molecule has 0 aliphatic carbocycles. The van der Waals surface area contributed by atoms with E-state index >= 15 is 0 Å². The maximum Gasteiger partial charge on any atom is 0.264 e. The zero-order chi connectivity index (χ0) is 17.2. The van der Waals surface area contributed by atoms with Crippen LogP contribution in [0.5, 0.6) is 11.5 Å². The third kappa shape index (κ3) is 3.99. The van der Waals surface area contributed by atoms with E-state index in [1.165, 1.54) is 11.3 Å². The summed E-state index contributed by atoms with van der Waals surface area (Å²) < 4.78 is 12.4. The predicted molar refractivity (Wildman–Crippen MR) is 95.3 cm³/mol. The molecular weight excluding hydrogens is 346 g/mol. The molecule has 1 aromatic heterocycles. The Morgan fingerprint density at radius 3 is 3.08 bits per heavy atom. The predicted octanol–water partition coefficient (Wildman–Crippen LogP) is 3.38. The van der Waals surface area contributed by atoms with Crippen LogP contribution in [0.25, 0.3) is 0 Å². The number of benzene rings is 1. The largest absolute Gasteiger partial charge is 0.483 e. The number of thioether (sulfide) groups is 1. The van der Waals surface area contributed by atoms with E-state index in [0.29, 0.717) is 10.9 Å². The second kappa shape index (κ2) is 6.98. The summed E-state index contributed by atoms with van der Waals surface area (Å²) in [6, 6.07) is 5.75. The summed E-state index contributed by atoms with van der Waals surface area (Å²) in [4.78, 5) is 12.0. The Balaban J connectivity index is 1.58. The molecule has 1 aliphatic heterocycles. The zero-order valence-corrected chi connectivity index (χ0v) is 15.4. The van der Waals surface area contributed by atoms with E-state index in [1.54, 1.807) is 11.8 Å². The van der Waals surface area contributed by atoms with E-state index in [2.05, 4.69) is 15.5 Å². The van der Waals surface area contributed by atoms with Gasteiger partial charge in [-0.1, -0.05) is 42.2 Å². The molecule has 0 saturated carbocycles. The number of anilines is 1. The van der Waals surface area contributed by atoms with Crippen LogP contribution in [-0.4, -0.2) is 34.1 Å². The fourth-order valence-electron chi connectivity index (χ4n) is 2.44. The standard InChI is InChI=1S/C16H19N3O3S2/c1-4-23-15-19-18-14(24-15)17-12(20)9-21-11-7-5-6-10-8-16(2,3)22-13(10)11/h5-7H,4,8-9H2,1-3H3,(H,17,18,20). The number of ether oxygens (including phenoxy) is 2. The Morgan fingerprint density at radius 1 is 1.46 bits per heavy atom. The molecule has 0 radical (unpaired) electrons. The van der Waals surface area contributed by atoms with Gasteiger partial charge in [0.2, 0.25) is 5.13 Å². The van der Waals surface area contributed by atoms with Crippen molar-refractivity contribution >= 4 is 34.1 Å². The van der Waals surface area contributed by atoms with Crippen LogP contribution >= 0.6 is 23.1 Å². The molecule has 1 N–H and O–H groups in total. The van der Waals surface area contributed by atoms with Gasteiger partial charge in [-0.25, -0.2) is 0 Å². The summed E-state index contributed by atoms with van der Waals surface area (Å²) in [6.45, 7) is 6.01. The second-order valence-electron chi connectivity index (χ2n) is 5.93. The summed E-state index contributed by atoms with van der Waals surface area (Å²) in [6.07, 6.45) is 0.828. The number of carbonyl (C=O) groups is 1. The normalized spacial score (nSPS) is 14.8. The molecule has 2 heterocycles. The highest BCUT2D eigenvalue weighted by atomic mass is 32.2. The number of amides is 1. The molecule has 0 unspecified atom stereocenters. The van der Waals surface area contributed by atoms with Gasteiger partial charge in [0, 0.05) is 12.0 Å². The van der Waals surface area contributed by atoms with Gasteiger partial charge < -0.3 is 9.47 Å². The maximum atomic E-state index is 12.0. The molecule has 1 aliphatic rings. The highest BCUT2D eigenvalue weighted by Gasteiger charge is 2.32. The van der Waals surface area contributed by atoms with Gasteiger partial charge >= 0.3 is 0 Å². The topological polar surface area (TPSA) is 73.3 Å². The van der Waals surface area contributed by atoms with Crippen LogP contribution < -0.4 is 14.8 Å². The quantitative estimate of drug-likeness (QED) is 0.625. The van der Waals surface area contributed by atoms with Gasteiger partial charge in [-0.15, -0.1) is 10.2 Å². The first-order valence-corrected chi connectivity index (χ1v) is 9.47. The number of nitrogens with one attached hydrogen (secondary N) is 1. The van der Waals surface area contributed by atoms with Crippen molar-refractivity contribution in [3.05, 3.63) is 23.8 Å². The van der Waals surface area contributed by atoms with E-state index in [4.69, 9.17) is 9.47 Å². The average molecular weight is 365 g/mol. The van der Waals surface area contributed by atoms with Gasteiger partial charge in [-0.2, -0.15) is 0 Å². The van der Waals surface area contributed by atoms with Gasteiger partial charge in [0.05, 0.1) is 0 Å². The van der Waals surface area contributed by atoms with Crippen molar-refractivity contribution in [2.75, 3.05) is 17.7 Å². The number of nitrogens with zero attached hydrogens (tertiary/aromatic N) is 2. The first-order chi connectivity index (χ1) is 11.5. The minimum Gasteiger partial charge on any atom is -0.483 e. The van der Waals surface area contributed by atoms with Crippen molar-refractivity contribution in [2.24, 2.45) is 0 Å². The molecular formula is C16H19N3O3S2. The van der Waals surface area contributed by atoms with E-state index in [9.17, 15) is 4.79 Å². The van der Waals surface area contributed by atoms with Gasteiger partial charge in [0.25, 0.3) is 5.91 Å². The summed E-state index contributed by atoms with van der Waals surface area (Å²) in [7, 11) is 0. The molecule has 1 aromatic carbocycles. The molecule has 3 rings (SSSR count). The third-order valence-corrected chi connectivity index (χ3v) is 5.19. The Bertz CT molecular complexity index is 746. The van der Waals surface area contributed by atoms with Gasteiger partial charge in [0.1, 0.15) is 5.60 Å². The van der Waals surface area contributed by atoms with Crippen LogP contribution in [0.3, 0.4) is 0 Å². The number of hydrogen-bond acceptors (Lipinski definition) is 7. The van der Waals surface area contributed by atoms with Crippen molar-refractivity contribution in [1.29, 1.82) is 0 Å². The van der Waals surface area contributed by atoms with Gasteiger partial charge in [-0.3, -0.25) is 10.1 Å². The number of hydrogen-bond donors (Lipinski definition) is 1. The van der Waals surface area contributed by atoms with Crippen LogP contribution in [0.4, 0.5) is 5.13 Å². The second-order valence-corrected chi connectivity index (χ2v) is 8.41. The Labute approximate surface area is 149 Å². The fourth-order valence-corrected chi connectivity index (χ4v) is 4.11. The summed E-state index contributed by atoms with van der Waals surface area (Å²) in [5.41, 5.74) is 0.854. The fraction of sp³-hybridized carbons (Fsp3) is 0.438. The summed E-state index contributed by atoms with van der Waals surface area (Å²) in [5, 5.41) is 11.1. The monoisotopic (exact) mass is 365 g/mol. The van der Waals surface area contributed by atoms with Crippen LogP contribution in [0.2, 0.25) is 0 Å². The summed E-state index contributed by atoms with van der Waals surface area (Å²) >= 11 is 2.95. The van der Waals surface area contributed by atoms with Crippen molar-refractivity contribution < 1.29 is 14.3 Å². The van der Waals surface area contributed by atoms with Crippen molar-refractivity contribution in [2.45, 2.75) is 37.1 Å². The SMILES string of the molecule is CCSc1nnc(NC(=O)COc2cccc3c2OC(C)(C)C3)s1. The molecule has 8 heteroatoms.